The molecule has 1 rings (SSSR count). The molecule has 0 radical (unpaired) electrons. The fourth-order valence-corrected chi connectivity index (χ4v) is 2.15. The molecule has 1 heterocycles. The van der Waals surface area contributed by atoms with Crippen molar-refractivity contribution >= 4 is 17.7 Å². The van der Waals surface area contributed by atoms with Gasteiger partial charge in [0.25, 0.3) is 0 Å². The van der Waals surface area contributed by atoms with Gasteiger partial charge in [0, 0.05) is 6.04 Å². The van der Waals surface area contributed by atoms with Crippen molar-refractivity contribution in [2.45, 2.75) is 19.4 Å². The summed E-state index contributed by atoms with van der Waals surface area (Å²) in [7, 11) is 0. The van der Waals surface area contributed by atoms with Crippen molar-refractivity contribution < 1.29 is 19.1 Å². The minimum Gasteiger partial charge on any atom is -0.379 e. The topological polar surface area (TPSA) is 128 Å². The lowest BCUT2D eigenvalue weighted by atomic mass is 10.0. The Labute approximate surface area is 117 Å². The van der Waals surface area contributed by atoms with Crippen LogP contribution >= 0.6 is 0 Å². The van der Waals surface area contributed by atoms with Gasteiger partial charge in [-0.3, -0.25) is 14.4 Å². The van der Waals surface area contributed by atoms with Gasteiger partial charge in [0.1, 0.15) is 0 Å². The molecule has 0 bridgehead atoms. The molecule has 1 aliphatic heterocycles. The number of carbonyl (C=O) groups is 3. The predicted octanol–water partition coefficient (Wildman–Crippen LogP) is -2.20. The number of hydrogen-bond acceptors (Lipinski definition) is 5. The third kappa shape index (κ3) is 4.78. The van der Waals surface area contributed by atoms with Crippen LogP contribution in [0.1, 0.15) is 13.3 Å². The molecule has 8 nitrogen and oxygen atoms in total. The monoisotopic (exact) mass is 286 g/mol. The third-order valence-electron chi connectivity index (χ3n) is 3.06. The number of nitrogens with two attached hydrogens (primary N) is 2. The van der Waals surface area contributed by atoms with Gasteiger partial charge >= 0.3 is 0 Å². The summed E-state index contributed by atoms with van der Waals surface area (Å²) in [5, 5.41) is 3.22. The second-order valence-electron chi connectivity index (χ2n) is 4.83. The Morgan fingerprint density at radius 1 is 1.20 bits per heavy atom. The van der Waals surface area contributed by atoms with Crippen molar-refractivity contribution in [2.75, 3.05) is 32.8 Å². The lowest BCUT2D eigenvalue weighted by Crippen LogP contribution is -2.50. The van der Waals surface area contributed by atoms with E-state index in [0.29, 0.717) is 6.61 Å². The van der Waals surface area contributed by atoms with Crippen LogP contribution in [0.2, 0.25) is 0 Å². The highest BCUT2D eigenvalue weighted by molar-refractivity contribution is 5.89. The van der Waals surface area contributed by atoms with Crippen LogP contribution in [-0.4, -0.2) is 61.5 Å². The van der Waals surface area contributed by atoms with Crippen LogP contribution < -0.4 is 16.8 Å². The molecule has 2 unspecified atom stereocenters. The van der Waals surface area contributed by atoms with Gasteiger partial charge in [-0.2, -0.15) is 0 Å². The molecular formula is C12H22N4O4. The summed E-state index contributed by atoms with van der Waals surface area (Å²) < 4.78 is 5.31. The van der Waals surface area contributed by atoms with Gasteiger partial charge in [0.2, 0.25) is 17.7 Å². The standard InChI is InChI=1S/C12H22N4O4/c1-2-3-15-9-7-20-6-8(9)12(19)16(4-10(13)17)5-11(14)18/h8-9,15H,2-7H2,1H3,(H2,13,17)(H2,14,18). The number of primary amides is 2. The van der Waals surface area contributed by atoms with Gasteiger partial charge in [-0.15, -0.1) is 0 Å². The fraction of sp³-hybridized carbons (Fsp3) is 0.750. The Morgan fingerprint density at radius 3 is 2.30 bits per heavy atom. The summed E-state index contributed by atoms with van der Waals surface area (Å²) in [6.07, 6.45) is 0.934. The van der Waals surface area contributed by atoms with Crippen LogP contribution in [0.5, 0.6) is 0 Å². The van der Waals surface area contributed by atoms with E-state index in [-0.39, 0.29) is 31.6 Å². The number of rotatable bonds is 8. The summed E-state index contributed by atoms with van der Waals surface area (Å²) in [5.41, 5.74) is 10.2. The van der Waals surface area contributed by atoms with E-state index in [1.54, 1.807) is 0 Å². The number of nitrogens with zero attached hydrogens (tertiary/aromatic N) is 1. The second kappa shape index (κ2) is 7.81. The third-order valence-corrected chi connectivity index (χ3v) is 3.06. The summed E-state index contributed by atoms with van der Waals surface area (Å²) in [5.74, 6) is -2.14. The number of carbonyl (C=O) groups excluding carboxylic acids is 3. The summed E-state index contributed by atoms with van der Waals surface area (Å²) in [6.45, 7) is 2.83. The highest BCUT2D eigenvalue weighted by Crippen LogP contribution is 2.16. The van der Waals surface area contributed by atoms with E-state index in [1.807, 2.05) is 6.92 Å². The predicted molar refractivity (Wildman–Crippen MR) is 71.4 cm³/mol. The second-order valence-corrected chi connectivity index (χ2v) is 4.83. The molecule has 5 N–H and O–H groups in total. The van der Waals surface area contributed by atoms with Crippen molar-refractivity contribution in [1.29, 1.82) is 0 Å². The van der Waals surface area contributed by atoms with Gasteiger partial charge in [-0.25, -0.2) is 0 Å². The largest absolute Gasteiger partial charge is 0.379 e. The summed E-state index contributed by atoms with van der Waals surface area (Å²) in [4.78, 5) is 35.5. The van der Waals surface area contributed by atoms with Crippen molar-refractivity contribution in [1.82, 2.24) is 10.2 Å². The first-order chi connectivity index (χ1) is 9.45. The van der Waals surface area contributed by atoms with Gasteiger partial charge in [-0.05, 0) is 13.0 Å². The first-order valence-electron chi connectivity index (χ1n) is 6.62. The van der Waals surface area contributed by atoms with Gasteiger partial charge in [-0.1, -0.05) is 6.92 Å². The number of nitrogens with one attached hydrogen (secondary N) is 1. The molecule has 8 heteroatoms. The van der Waals surface area contributed by atoms with Crippen LogP contribution in [0.3, 0.4) is 0 Å². The molecule has 2 atom stereocenters. The van der Waals surface area contributed by atoms with Gasteiger partial charge in [0.15, 0.2) is 0 Å². The quantitative estimate of drug-likeness (QED) is 0.466. The molecule has 114 valence electrons. The number of hydrogen-bond donors (Lipinski definition) is 3. The van der Waals surface area contributed by atoms with Gasteiger partial charge in [0.05, 0.1) is 32.2 Å². The Morgan fingerprint density at radius 2 is 1.80 bits per heavy atom. The average Bonchev–Trinajstić information content (AvgIpc) is 2.81. The van der Waals surface area contributed by atoms with Crippen LogP contribution in [0, 0.1) is 5.92 Å². The normalized spacial score (nSPS) is 21.6. The maximum atomic E-state index is 12.4. The lowest BCUT2D eigenvalue weighted by molar-refractivity contribution is -0.141. The van der Waals surface area contributed by atoms with E-state index in [4.69, 9.17) is 16.2 Å². The molecule has 3 amide bonds. The average molecular weight is 286 g/mol. The first-order valence-corrected chi connectivity index (χ1v) is 6.62. The Kier molecular flexibility index (Phi) is 6.40. The maximum absolute atomic E-state index is 12.4. The Hall–Kier alpha value is -1.67. The minimum atomic E-state index is -0.684. The SMILES string of the molecule is CCCNC1COCC1C(=O)N(CC(N)=O)CC(N)=O. The van der Waals surface area contributed by atoms with Crippen molar-refractivity contribution in [3.63, 3.8) is 0 Å². The van der Waals surface area contributed by atoms with Crippen LogP contribution in [-0.2, 0) is 19.1 Å². The van der Waals surface area contributed by atoms with E-state index in [2.05, 4.69) is 5.32 Å². The Bertz CT molecular complexity index is 358. The molecule has 0 aromatic carbocycles. The molecule has 1 aliphatic rings. The van der Waals surface area contributed by atoms with Crippen LogP contribution in [0.4, 0.5) is 0 Å². The highest BCUT2D eigenvalue weighted by Gasteiger charge is 2.36. The zero-order valence-electron chi connectivity index (χ0n) is 11.6. The molecule has 1 fully saturated rings. The highest BCUT2D eigenvalue weighted by atomic mass is 16.5. The van der Waals surface area contributed by atoms with Crippen molar-refractivity contribution in [3.05, 3.63) is 0 Å². The van der Waals surface area contributed by atoms with Crippen LogP contribution in [0.25, 0.3) is 0 Å². The lowest BCUT2D eigenvalue weighted by Gasteiger charge is -2.25. The first kappa shape index (κ1) is 16.4. The summed E-state index contributed by atoms with van der Waals surface area (Å²) in [6, 6.07) is -0.120. The molecule has 0 aliphatic carbocycles. The number of amides is 3. The van der Waals surface area contributed by atoms with Crippen LogP contribution in [0.15, 0.2) is 0 Å². The molecule has 0 spiro atoms. The fourth-order valence-electron chi connectivity index (χ4n) is 2.15. The minimum absolute atomic E-state index is 0.120. The van der Waals surface area contributed by atoms with E-state index in [1.165, 1.54) is 0 Å². The van der Waals surface area contributed by atoms with Gasteiger partial charge < -0.3 is 26.4 Å². The van der Waals surface area contributed by atoms with E-state index in [0.717, 1.165) is 17.9 Å². The summed E-state index contributed by atoms with van der Waals surface area (Å²) >= 11 is 0. The van der Waals surface area contributed by atoms with E-state index < -0.39 is 17.7 Å². The molecule has 0 saturated carbocycles. The molecule has 1 saturated heterocycles. The smallest absolute Gasteiger partial charge is 0.237 e. The maximum Gasteiger partial charge on any atom is 0.237 e. The van der Waals surface area contributed by atoms with Crippen molar-refractivity contribution in [3.8, 4) is 0 Å². The molecule has 20 heavy (non-hydrogen) atoms. The molecule has 0 aromatic rings. The van der Waals surface area contributed by atoms with Crippen molar-refractivity contribution in [2.24, 2.45) is 17.4 Å². The Balaban J connectivity index is 2.71. The molecule has 0 aromatic heterocycles. The van der Waals surface area contributed by atoms with E-state index in [9.17, 15) is 14.4 Å². The zero-order valence-corrected chi connectivity index (χ0v) is 11.6. The zero-order chi connectivity index (χ0) is 15.1. The number of ether oxygens (including phenoxy) is 1. The molecular weight excluding hydrogens is 264 g/mol. The van der Waals surface area contributed by atoms with E-state index >= 15 is 0 Å².